The second-order valence-corrected chi connectivity index (χ2v) is 26.7. The number of alkyl halides is 6. The smallest absolute Gasteiger partial charge is 0.203 e. The molecule has 5 nitrogen and oxygen atoms in total. The fourth-order valence-electron chi connectivity index (χ4n) is 13.0. The topological polar surface area (TPSA) is 19.4 Å². The molecule has 584 valence electrons. The summed E-state index contributed by atoms with van der Waals surface area (Å²) in [5.41, 5.74) is 8.99. The largest absolute Gasteiger partial charge is 0.416 e. The van der Waals surface area contributed by atoms with Gasteiger partial charge in [-0.1, -0.05) is 42.5 Å². The first kappa shape index (κ1) is 85.1. The van der Waals surface area contributed by atoms with Gasteiger partial charge >= 0.3 is 12.4 Å². The van der Waals surface area contributed by atoms with Crippen molar-refractivity contribution >= 4 is 0 Å². The molecule has 0 radical (unpaired) electrons. The highest BCUT2D eigenvalue weighted by Gasteiger charge is 2.36. The molecule has 113 heavy (non-hydrogen) atoms. The van der Waals surface area contributed by atoms with Crippen molar-refractivity contribution in [3.05, 3.63) is 338 Å². The standard InChI is InChI=1S/C20H16F4N.2C19H13F5N.2C15H15F3N/c1-11-10-13(7-8-14(11)15-6-4-5-9-25(15)3)16-12(2)17(21)19(23)20(24)18(16)22;1-10-6-7-11(9-12(10)13-5-3-4-8-25(13)2)14-15(20)17(22)19(24)18(23)16(14)21;1-10-5-3-4-6-12(10)13-9-11(7-8-25(13)2)14-15(20)17(22)19(24)18(23)16(14)21;1-10-8-12(15(16,17)18)9-11(2)14(10)13-6-4-5-7-19(13)3;1-10-8-12(14-6-4-5-7-19(14)3)11(2)13(9-10)15(16,17)18/h4-10H,1-3H3;2*3-9H,1-2H3;2*4-9H,1-3H3/q5*+1. The lowest BCUT2D eigenvalue weighted by Gasteiger charge is -2.14. The van der Waals surface area contributed by atoms with Crippen LogP contribution in [0.15, 0.2) is 201 Å². The maximum absolute atomic E-state index is 14.2. The fraction of sp³-hybridized carbons (Fsp3) is 0.170. The van der Waals surface area contributed by atoms with Crippen LogP contribution in [0.5, 0.6) is 0 Å². The highest BCUT2D eigenvalue weighted by atomic mass is 19.4. The summed E-state index contributed by atoms with van der Waals surface area (Å²) in [6, 6.07) is 47.0. The second kappa shape index (κ2) is 34.8. The molecule has 0 fully saturated rings. The molecule has 13 aromatic rings. The van der Waals surface area contributed by atoms with Gasteiger partial charge < -0.3 is 0 Å². The van der Waals surface area contributed by atoms with E-state index in [-0.39, 0.29) is 27.8 Å². The quantitative estimate of drug-likeness (QED) is 0.0625. The SMILES string of the molecule is Cc1cc(-c2c(C)c(F)c(F)c(F)c2F)ccc1-c1cccc[n+]1C.Cc1cc(-c2cccc[n+]2C)c(C)c(C(F)(F)F)c1.Cc1cc(C(F)(F)F)cc(C)c1-c1cccc[n+]1C.Cc1ccc(-c2c(F)c(F)c(F)c(F)c2F)cc1-c1cccc[n+]1C.Cc1ccccc1-c1cc(-c2c(F)c(F)c(F)c(F)c2F)cc[n+]1C. The van der Waals surface area contributed by atoms with Crippen LogP contribution in [0.3, 0.4) is 0 Å². The average Bonchev–Trinajstić information content (AvgIpc) is 0.789. The zero-order valence-corrected chi connectivity index (χ0v) is 62.8. The predicted octanol–water partition coefficient (Wildman–Crippen LogP) is 22.3. The summed E-state index contributed by atoms with van der Waals surface area (Å²) in [4.78, 5) is 0. The molecule has 0 atom stereocenters. The van der Waals surface area contributed by atoms with E-state index in [4.69, 9.17) is 0 Å². The maximum atomic E-state index is 14.2. The van der Waals surface area contributed by atoms with Crippen molar-refractivity contribution in [2.75, 3.05) is 0 Å². The molecule has 0 N–H and O–H groups in total. The Morgan fingerprint density at radius 3 is 1.04 bits per heavy atom. The summed E-state index contributed by atoms with van der Waals surface area (Å²) >= 11 is 0. The molecule has 0 aliphatic carbocycles. The molecule has 25 heteroatoms. The third kappa shape index (κ3) is 18.2. The van der Waals surface area contributed by atoms with Gasteiger partial charge in [0.05, 0.1) is 27.8 Å². The summed E-state index contributed by atoms with van der Waals surface area (Å²) in [6.45, 7) is 13.3. The number of aryl methyl sites for hydroxylation is 11. The third-order valence-corrected chi connectivity index (χ3v) is 18.8. The lowest BCUT2D eigenvalue weighted by Crippen LogP contribution is -2.30. The Labute approximate surface area is 638 Å². The van der Waals surface area contributed by atoms with Gasteiger partial charge in [0, 0.05) is 94.0 Å². The zero-order valence-electron chi connectivity index (χ0n) is 62.8. The maximum Gasteiger partial charge on any atom is 0.416 e. The van der Waals surface area contributed by atoms with Crippen LogP contribution >= 0.6 is 0 Å². The van der Waals surface area contributed by atoms with Gasteiger partial charge in [-0.15, -0.1) is 0 Å². The van der Waals surface area contributed by atoms with Crippen LogP contribution in [-0.4, -0.2) is 0 Å². The van der Waals surface area contributed by atoms with E-state index in [9.17, 15) is 87.8 Å². The molecule has 5 aromatic heterocycles. The Kier molecular flexibility index (Phi) is 26.2. The number of hydrogen-bond acceptors (Lipinski definition) is 0. The number of nitrogens with zero attached hydrogens (tertiary/aromatic N) is 5. The molecule has 13 rings (SSSR count). The molecule has 0 saturated heterocycles. The lowest BCUT2D eigenvalue weighted by molar-refractivity contribution is -0.660. The van der Waals surface area contributed by atoms with Crippen LogP contribution in [0.2, 0.25) is 0 Å². The number of pyridine rings is 5. The van der Waals surface area contributed by atoms with Crippen molar-refractivity contribution < 1.29 is 111 Å². The van der Waals surface area contributed by atoms with Gasteiger partial charge in [-0.05, 0) is 178 Å². The van der Waals surface area contributed by atoms with Gasteiger partial charge in [-0.25, -0.2) is 84.3 Å². The van der Waals surface area contributed by atoms with Gasteiger partial charge in [0.15, 0.2) is 101 Å². The monoisotopic (exact) mass is 1580 g/mol. The van der Waals surface area contributed by atoms with E-state index in [2.05, 4.69) is 0 Å². The molecular formula is C88H72F20N5+5. The zero-order chi connectivity index (χ0) is 83.3. The second-order valence-electron chi connectivity index (χ2n) is 26.7. The summed E-state index contributed by atoms with van der Waals surface area (Å²) in [5, 5.41) is 0. The Morgan fingerprint density at radius 2 is 0.593 bits per heavy atom. The molecular weight excluding hydrogens is 1510 g/mol. The average molecular weight is 1580 g/mol. The molecule has 0 amide bonds. The van der Waals surface area contributed by atoms with Crippen LogP contribution in [0.1, 0.15) is 55.6 Å². The fourth-order valence-corrected chi connectivity index (χ4v) is 13.0. The number of benzene rings is 8. The Bertz CT molecular complexity index is 5520. The van der Waals surface area contributed by atoms with E-state index < -0.39 is 116 Å². The summed E-state index contributed by atoms with van der Waals surface area (Å²) < 4.78 is 278. The van der Waals surface area contributed by atoms with Crippen LogP contribution < -0.4 is 22.8 Å². The summed E-state index contributed by atoms with van der Waals surface area (Å²) in [7, 11) is 9.12. The van der Waals surface area contributed by atoms with Crippen LogP contribution in [0.4, 0.5) is 87.8 Å². The molecule has 0 unspecified atom stereocenters. The highest BCUT2D eigenvalue weighted by molar-refractivity contribution is 5.76. The van der Waals surface area contributed by atoms with Gasteiger partial charge in [0.2, 0.25) is 40.1 Å². The number of aromatic nitrogens is 5. The molecule has 8 aromatic carbocycles. The number of rotatable bonds is 8. The van der Waals surface area contributed by atoms with E-state index in [1.807, 2.05) is 146 Å². The van der Waals surface area contributed by atoms with Crippen molar-refractivity contribution in [2.24, 2.45) is 35.2 Å². The minimum atomic E-state index is -4.32. The van der Waals surface area contributed by atoms with E-state index in [1.165, 1.54) is 62.5 Å². The molecule has 0 saturated carbocycles. The normalized spacial score (nSPS) is 11.2. The van der Waals surface area contributed by atoms with Crippen molar-refractivity contribution in [3.8, 4) is 89.7 Å². The molecule has 0 spiro atoms. The van der Waals surface area contributed by atoms with Crippen LogP contribution in [0, 0.1) is 137 Å². The number of hydrogen-bond donors (Lipinski definition) is 0. The third-order valence-electron chi connectivity index (χ3n) is 18.8. The van der Waals surface area contributed by atoms with Crippen molar-refractivity contribution in [1.82, 2.24) is 0 Å². The van der Waals surface area contributed by atoms with Gasteiger partial charge in [0.25, 0.3) is 0 Å². The van der Waals surface area contributed by atoms with Crippen molar-refractivity contribution in [3.63, 3.8) is 0 Å². The van der Waals surface area contributed by atoms with E-state index in [1.54, 1.807) is 106 Å². The summed E-state index contributed by atoms with van der Waals surface area (Å²) in [6.07, 6.45) is 0.285. The van der Waals surface area contributed by atoms with Crippen molar-refractivity contribution in [1.29, 1.82) is 0 Å². The van der Waals surface area contributed by atoms with Gasteiger partial charge in [0.1, 0.15) is 35.2 Å². The predicted molar refractivity (Wildman–Crippen MR) is 389 cm³/mol. The van der Waals surface area contributed by atoms with E-state index >= 15 is 0 Å². The van der Waals surface area contributed by atoms with E-state index in [0.717, 1.165) is 56.2 Å². The molecule has 0 bridgehead atoms. The minimum absolute atomic E-state index is 0.0859. The molecule has 0 aliphatic heterocycles. The Balaban J connectivity index is 0.000000163. The molecule has 5 heterocycles. The van der Waals surface area contributed by atoms with Crippen LogP contribution in [-0.2, 0) is 47.6 Å². The van der Waals surface area contributed by atoms with Gasteiger partial charge in [-0.3, -0.25) is 0 Å². The Hall–Kier alpha value is -11.9. The van der Waals surface area contributed by atoms with Gasteiger partial charge in [-0.2, -0.15) is 26.3 Å². The van der Waals surface area contributed by atoms with Crippen molar-refractivity contribution in [2.45, 2.75) is 67.7 Å². The minimum Gasteiger partial charge on any atom is -0.203 e. The van der Waals surface area contributed by atoms with E-state index in [0.29, 0.717) is 39.1 Å². The molecule has 0 aliphatic rings. The highest BCUT2D eigenvalue weighted by Crippen LogP contribution is 2.41. The van der Waals surface area contributed by atoms with Crippen LogP contribution in [0.25, 0.3) is 89.7 Å². The summed E-state index contributed by atoms with van der Waals surface area (Å²) in [5.74, 6) is -25.9. The first-order chi connectivity index (χ1) is 53.1. The lowest BCUT2D eigenvalue weighted by atomic mass is 9.94. The number of halogens is 20. The first-order valence-electron chi connectivity index (χ1n) is 34.4. The first-order valence-corrected chi connectivity index (χ1v) is 34.4. The Morgan fingerprint density at radius 1 is 0.230 bits per heavy atom.